The number of fused-ring (bicyclic) bond motifs is 1. The topological polar surface area (TPSA) is 55.8 Å². The Hall–Kier alpha value is -1.60. The van der Waals surface area contributed by atoms with Crippen molar-refractivity contribution in [1.82, 2.24) is 0 Å². The van der Waals surface area contributed by atoms with E-state index in [1.807, 2.05) is 13.8 Å². The maximum Gasteiger partial charge on any atom is 0.430 e. The van der Waals surface area contributed by atoms with E-state index in [-0.39, 0.29) is 39.6 Å². The molecular formula is C15H13Cl2F3O4. The monoisotopic (exact) mass is 384 g/mol. The molecule has 1 atom stereocenters. The lowest BCUT2D eigenvalue weighted by atomic mass is 10.0. The number of alkyl halides is 3. The first kappa shape index (κ1) is 18.7. The maximum absolute atomic E-state index is 13.0. The van der Waals surface area contributed by atoms with Crippen LogP contribution < -0.4 is 9.47 Å². The molecule has 0 unspecified atom stereocenters. The van der Waals surface area contributed by atoms with Crippen molar-refractivity contribution < 1.29 is 32.5 Å². The second-order valence-corrected chi connectivity index (χ2v) is 6.35. The van der Waals surface area contributed by atoms with E-state index in [0.717, 1.165) is 12.1 Å². The van der Waals surface area contributed by atoms with Crippen LogP contribution in [0, 0.1) is 5.92 Å². The summed E-state index contributed by atoms with van der Waals surface area (Å²) in [5, 5.41) is 8.92. The molecule has 2 rings (SSSR count). The lowest BCUT2D eigenvalue weighted by Crippen LogP contribution is -2.40. The number of ether oxygens (including phenoxy) is 2. The molecule has 132 valence electrons. The number of benzene rings is 1. The van der Waals surface area contributed by atoms with Gasteiger partial charge in [-0.3, -0.25) is 0 Å². The summed E-state index contributed by atoms with van der Waals surface area (Å²) >= 11 is 12.1. The molecule has 0 fully saturated rings. The quantitative estimate of drug-likeness (QED) is 0.808. The fourth-order valence-corrected chi connectivity index (χ4v) is 2.65. The summed E-state index contributed by atoms with van der Waals surface area (Å²) in [7, 11) is 0. The van der Waals surface area contributed by atoms with E-state index in [9.17, 15) is 18.0 Å². The van der Waals surface area contributed by atoms with Gasteiger partial charge in [-0.1, -0.05) is 37.0 Å². The summed E-state index contributed by atoms with van der Waals surface area (Å²) in [4.78, 5) is 11.2. The maximum atomic E-state index is 13.0. The van der Waals surface area contributed by atoms with Crippen molar-refractivity contribution in [1.29, 1.82) is 0 Å². The predicted molar refractivity (Wildman–Crippen MR) is 82.9 cm³/mol. The highest BCUT2D eigenvalue weighted by Gasteiger charge is 2.48. The second-order valence-electron chi connectivity index (χ2n) is 5.56. The van der Waals surface area contributed by atoms with E-state index < -0.39 is 23.8 Å². The van der Waals surface area contributed by atoms with Gasteiger partial charge >= 0.3 is 12.1 Å². The van der Waals surface area contributed by atoms with Crippen LogP contribution in [0.5, 0.6) is 11.5 Å². The smallest absolute Gasteiger partial charge is 0.430 e. The number of carboxylic acids is 1. The summed E-state index contributed by atoms with van der Waals surface area (Å²) in [5.74, 6) is -1.78. The number of carboxylic acid groups (broad SMARTS) is 1. The molecule has 0 aromatic heterocycles. The normalized spacial score (nSPS) is 17.2. The third kappa shape index (κ3) is 3.72. The van der Waals surface area contributed by atoms with Gasteiger partial charge in [0.05, 0.1) is 22.2 Å². The molecule has 1 aliphatic rings. The Kier molecular flexibility index (Phi) is 5.25. The molecule has 0 bridgehead atoms. The highest BCUT2D eigenvalue weighted by molar-refractivity contribution is 6.38. The lowest BCUT2D eigenvalue weighted by molar-refractivity contribution is -0.187. The molecular weight excluding hydrogens is 372 g/mol. The molecule has 1 N–H and O–H groups in total. The van der Waals surface area contributed by atoms with Crippen LogP contribution in [-0.2, 0) is 4.79 Å². The van der Waals surface area contributed by atoms with Gasteiger partial charge in [-0.15, -0.1) is 0 Å². The molecule has 1 heterocycles. The van der Waals surface area contributed by atoms with Crippen LogP contribution in [0.25, 0.3) is 6.08 Å². The minimum absolute atomic E-state index is 0.0160. The van der Waals surface area contributed by atoms with Crippen LogP contribution in [-0.4, -0.2) is 30.0 Å². The van der Waals surface area contributed by atoms with Crippen molar-refractivity contribution in [3.63, 3.8) is 0 Å². The van der Waals surface area contributed by atoms with Crippen molar-refractivity contribution in [2.75, 3.05) is 6.61 Å². The Labute approximate surface area is 145 Å². The number of hydrogen-bond donors (Lipinski definition) is 1. The highest BCUT2D eigenvalue weighted by atomic mass is 35.5. The van der Waals surface area contributed by atoms with E-state index in [0.29, 0.717) is 0 Å². The summed E-state index contributed by atoms with van der Waals surface area (Å²) < 4.78 is 49.3. The Morgan fingerprint density at radius 2 is 2.04 bits per heavy atom. The van der Waals surface area contributed by atoms with Crippen molar-refractivity contribution in [3.8, 4) is 11.5 Å². The Morgan fingerprint density at radius 3 is 2.54 bits per heavy atom. The average Bonchev–Trinajstić information content (AvgIpc) is 2.44. The van der Waals surface area contributed by atoms with E-state index in [2.05, 4.69) is 0 Å². The van der Waals surface area contributed by atoms with Gasteiger partial charge in [-0.25, -0.2) is 4.79 Å². The first-order valence-electron chi connectivity index (χ1n) is 6.85. The Balaban J connectivity index is 2.54. The van der Waals surface area contributed by atoms with Crippen LogP contribution in [0.2, 0.25) is 10.0 Å². The Morgan fingerprint density at radius 1 is 1.42 bits per heavy atom. The zero-order valence-electron chi connectivity index (χ0n) is 12.6. The van der Waals surface area contributed by atoms with E-state index >= 15 is 0 Å². The largest absolute Gasteiger partial charge is 0.490 e. The van der Waals surface area contributed by atoms with Gasteiger partial charge in [0.15, 0.2) is 5.75 Å². The predicted octanol–water partition coefficient (Wildman–Crippen LogP) is 4.82. The minimum atomic E-state index is -4.90. The number of hydrogen-bond acceptors (Lipinski definition) is 3. The van der Waals surface area contributed by atoms with Crippen LogP contribution in [0.1, 0.15) is 19.4 Å². The lowest BCUT2D eigenvalue weighted by Gasteiger charge is -2.28. The molecule has 0 aliphatic carbocycles. The fraction of sp³-hybridized carbons (Fsp3) is 0.400. The SMILES string of the molecule is CC(C)COc1c(Cl)cc2c(c1Cl)C=C(C(=O)O)[C@@H](C(F)(F)F)O2. The van der Waals surface area contributed by atoms with Gasteiger partial charge in [-0.05, 0) is 12.0 Å². The van der Waals surface area contributed by atoms with Crippen molar-refractivity contribution >= 4 is 35.2 Å². The zero-order valence-corrected chi connectivity index (χ0v) is 14.1. The fourth-order valence-electron chi connectivity index (χ4n) is 2.05. The molecule has 0 saturated heterocycles. The first-order valence-corrected chi connectivity index (χ1v) is 7.61. The summed E-state index contributed by atoms with van der Waals surface area (Å²) in [6.07, 6.45) is -6.66. The molecule has 0 saturated carbocycles. The highest BCUT2D eigenvalue weighted by Crippen LogP contribution is 2.46. The Bertz CT molecular complexity index is 699. The van der Waals surface area contributed by atoms with Crippen LogP contribution in [0.4, 0.5) is 13.2 Å². The average molecular weight is 385 g/mol. The van der Waals surface area contributed by atoms with Crippen LogP contribution >= 0.6 is 23.2 Å². The number of aliphatic carboxylic acids is 1. The van der Waals surface area contributed by atoms with E-state index in [1.165, 1.54) is 0 Å². The second kappa shape index (κ2) is 6.72. The third-order valence-corrected chi connectivity index (χ3v) is 3.76. The van der Waals surface area contributed by atoms with Gasteiger partial charge in [0, 0.05) is 11.6 Å². The molecule has 0 spiro atoms. The standard InChI is InChI=1S/C15H13Cl2F3O4/c1-6(2)5-23-12-9(16)4-10-7(11(12)17)3-8(14(21)22)13(24-10)15(18,19)20/h3-4,6,13H,5H2,1-2H3,(H,21,22)/t13-/m0/s1. The van der Waals surface area contributed by atoms with Crippen molar-refractivity contribution in [2.24, 2.45) is 5.92 Å². The number of halogens is 5. The summed E-state index contributed by atoms with van der Waals surface area (Å²) in [6, 6.07) is 1.13. The minimum Gasteiger partial charge on any atom is -0.490 e. The third-order valence-electron chi connectivity index (χ3n) is 3.11. The molecule has 0 amide bonds. The van der Waals surface area contributed by atoms with Gasteiger partial charge in [-0.2, -0.15) is 13.2 Å². The van der Waals surface area contributed by atoms with Gasteiger partial charge < -0.3 is 14.6 Å². The van der Waals surface area contributed by atoms with Crippen LogP contribution in [0.15, 0.2) is 11.6 Å². The van der Waals surface area contributed by atoms with Crippen LogP contribution in [0.3, 0.4) is 0 Å². The van der Waals surface area contributed by atoms with Crippen molar-refractivity contribution in [3.05, 3.63) is 27.2 Å². The molecule has 1 aromatic rings. The van der Waals surface area contributed by atoms with Crippen molar-refractivity contribution in [2.45, 2.75) is 26.1 Å². The molecule has 1 aliphatic heterocycles. The zero-order chi connectivity index (χ0) is 18.2. The molecule has 9 heteroatoms. The van der Waals surface area contributed by atoms with E-state index in [1.54, 1.807) is 0 Å². The van der Waals surface area contributed by atoms with Gasteiger partial charge in [0.2, 0.25) is 6.10 Å². The van der Waals surface area contributed by atoms with E-state index in [4.69, 9.17) is 37.8 Å². The number of rotatable bonds is 4. The molecule has 0 radical (unpaired) electrons. The molecule has 4 nitrogen and oxygen atoms in total. The van der Waals surface area contributed by atoms with Gasteiger partial charge in [0.1, 0.15) is 5.75 Å². The molecule has 24 heavy (non-hydrogen) atoms. The summed E-state index contributed by atoms with van der Waals surface area (Å²) in [6.45, 7) is 4.05. The first-order chi connectivity index (χ1) is 11.0. The molecule has 1 aromatic carbocycles. The summed E-state index contributed by atoms with van der Waals surface area (Å²) in [5.41, 5.74) is -0.980. The van der Waals surface area contributed by atoms with Gasteiger partial charge in [0.25, 0.3) is 0 Å². The number of carbonyl (C=O) groups is 1.